The number of likely N-dealkylation sites (tertiary alicyclic amines) is 1. The highest BCUT2D eigenvalue weighted by molar-refractivity contribution is 4.85. The first-order valence-electron chi connectivity index (χ1n) is 8.10. The lowest BCUT2D eigenvalue weighted by Crippen LogP contribution is -2.46. The fourth-order valence-electron chi connectivity index (χ4n) is 3.54. The summed E-state index contributed by atoms with van der Waals surface area (Å²) < 4.78 is 0. The Bertz CT molecular complexity index is 237. The minimum absolute atomic E-state index is 0.624. The van der Waals surface area contributed by atoms with Gasteiger partial charge >= 0.3 is 0 Å². The maximum absolute atomic E-state index is 3.69. The SMILES string of the molecule is CCC1(C)CCN(C(C)CC2CCCCN2)CC1. The molecule has 0 aromatic rings. The third kappa shape index (κ3) is 3.71. The van der Waals surface area contributed by atoms with Crippen LogP contribution in [0.2, 0.25) is 0 Å². The fourth-order valence-corrected chi connectivity index (χ4v) is 3.54. The maximum atomic E-state index is 3.69. The standard InChI is InChI=1S/C16H32N2/c1-4-16(3)8-11-18(12-9-16)14(2)13-15-7-5-6-10-17-15/h14-15,17H,4-13H2,1-3H3. The molecule has 2 heterocycles. The van der Waals surface area contributed by atoms with Gasteiger partial charge in [-0.05, 0) is 64.1 Å². The van der Waals surface area contributed by atoms with E-state index in [-0.39, 0.29) is 0 Å². The summed E-state index contributed by atoms with van der Waals surface area (Å²) in [4.78, 5) is 2.73. The average Bonchev–Trinajstić information content (AvgIpc) is 2.40. The van der Waals surface area contributed by atoms with Crippen LogP contribution in [0.5, 0.6) is 0 Å². The number of nitrogens with one attached hydrogen (secondary N) is 1. The first kappa shape index (κ1) is 14.3. The molecule has 2 nitrogen and oxygen atoms in total. The van der Waals surface area contributed by atoms with Crippen molar-refractivity contribution < 1.29 is 0 Å². The van der Waals surface area contributed by atoms with Gasteiger partial charge in [0, 0.05) is 12.1 Å². The van der Waals surface area contributed by atoms with Gasteiger partial charge in [-0.1, -0.05) is 26.7 Å². The molecule has 0 saturated carbocycles. The molecule has 2 unspecified atom stereocenters. The zero-order chi connectivity index (χ0) is 13.0. The Labute approximate surface area is 114 Å². The lowest BCUT2D eigenvalue weighted by molar-refractivity contribution is 0.0779. The molecule has 2 aliphatic heterocycles. The van der Waals surface area contributed by atoms with Crippen LogP contribution in [-0.2, 0) is 0 Å². The molecule has 2 rings (SSSR count). The molecular weight excluding hydrogens is 220 g/mol. The van der Waals surface area contributed by atoms with E-state index in [0.717, 1.165) is 12.1 Å². The minimum atomic E-state index is 0.624. The number of hydrogen-bond donors (Lipinski definition) is 1. The topological polar surface area (TPSA) is 15.3 Å². The van der Waals surface area contributed by atoms with Gasteiger partial charge in [0.25, 0.3) is 0 Å². The second kappa shape index (κ2) is 6.38. The Kier molecular flexibility index (Phi) is 5.08. The number of piperidine rings is 2. The van der Waals surface area contributed by atoms with Crippen LogP contribution in [0.15, 0.2) is 0 Å². The minimum Gasteiger partial charge on any atom is -0.314 e. The van der Waals surface area contributed by atoms with E-state index in [9.17, 15) is 0 Å². The van der Waals surface area contributed by atoms with E-state index >= 15 is 0 Å². The summed E-state index contributed by atoms with van der Waals surface area (Å²) in [5, 5.41) is 3.69. The van der Waals surface area contributed by atoms with Crippen LogP contribution in [0.1, 0.15) is 65.7 Å². The van der Waals surface area contributed by atoms with Crippen LogP contribution in [0.3, 0.4) is 0 Å². The summed E-state index contributed by atoms with van der Waals surface area (Å²) in [5.74, 6) is 0. The van der Waals surface area contributed by atoms with Gasteiger partial charge in [-0.25, -0.2) is 0 Å². The zero-order valence-electron chi connectivity index (χ0n) is 12.7. The van der Waals surface area contributed by atoms with Crippen LogP contribution in [0, 0.1) is 5.41 Å². The van der Waals surface area contributed by atoms with Crippen molar-refractivity contribution in [1.29, 1.82) is 0 Å². The molecule has 0 amide bonds. The monoisotopic (exact) mass is 252 g/mol. The van der Waals surface area contributed by atoms with Crippen molar-refractivity contribution in [1.82, 2.24) is 10.2 Å². The van der Waals surface area contributed by atoms with Crippen molar-refractivity contribution in [3.8, 4) is 0 Å². The van der Waals surface area contributed by atoms with Gasteiger partial charge < -0.3 is 10.2 Å². The van der Waals surface area contributed by atoms with Gasteiger partial charge in [0.15, 0.2) is 0 Å². The van der Waals surface area contributed by atoms with E-state index in [0.29, 0.717) is 5.41 Å². The van der Waals surface area contributed by atoms with Crippen LogP contribution >= 0.6 is 0 Å². The molecule has 18 heavy (non-hydrogen) atoms. The van der Waals surface area contributed by atoms with Gasteiger partial charge in [-0.3, -0.25) is 0 Å². The molecule has 0 spiro atoms. The van der Waals surface area contributed by atoms with Gasteiger partial charge in [0.2, 0.25) is 0 Å². The largest absolute Gasteiger partial charge is 0.314 e. The highest BCUT2D eigenvalue weighted by Crippen LogP contribution is 2.34. The molecule has 2 saturated heterocycles. The van der Waals surface area contributed by atoms with Crippen molar-refractivity contribution in [2.75, 3.05) is 19.6 Å². The highest BCUT2D eigenvalue weighted by atomic mass is 15.2. The molecule has 0 aromatic heterocycles. The van der Waals surface area contributed by atoms with Crippen LogP contribution < -0.4 is 5.32 Å². The predicted molar refractivity (Wildman–Crippen MR) is 78.9 cm³/mol. The third-order valence-electron chi connectivity index (χ3n) is 5.52. The second-order valence-electron chi connectivity index (χ2n) is 6.93. The molecule has 2 atom stereocenters. The quantitative estimate of drug-likeness (QED) is 0.825. The van der Waals surface area contributed by atoms with Gasteiger partial charge in [-0.15, -0.1) is 0 Å². The van der Waals surface area contributed by atoms with Crippen LogP contribution in [0.25, 0.3) is 0 Å². The van der Waals surface area contributed by atoms with Gasteiger partial charge in [-0.2, -0.15) is 0 Å². The highest BCUT2D eigenvalue weighted by Gasteiger charge is 2.30. The van der Waals surface area contributed by atoms with Gasteiger partial charge in [0.05, 0.1) is 0 Å². The summed E-state index contributed by atoms with van der Waals surface area (Å²) >= 11 is 0. The average molecular weight is 252 g/mol. The summed E-state index contributed by atoms with van der Waals surface area (Å²) in [5.41, 5.74) is 0.624. The molecule has 0 bridgehead atoms. The second-order valence-corrected chi connectivity index (χ2v) is 6.93. The van der Waals surface area contributed by atoms with Crippen molar-refractivity contribution in [3.05, 3.63) is 0 Å². The smallest absolute Gasteiger partial charge is 0.00818 e. The molecule has 2 fully saturated rings. The Hall–Kier alpha value is -0.0800. The van der Waals surface area contributed by atoms with E-state index in [1.165, 1.54) is 64.6 Å². The van der Waals surface area contributed by atoms with E-state index < -0.39 is 0 Å². The van der Waals surface area contributed by atoms with Crippen molar-refractivity contribution in [2.45, 2.75) is 77.8 Å². The Morgan fingerprint density at radius 3 is 2.56 bits per heavy atom. The van der Waals surface area contributed by atoms with E-state index in [2.05, 4.69) is 31.0 Å². The lowest BCUT2D eigenvalue weighted by atomic mass is 9.78. The van der Waals surface area contributed by atoms with E-state index in [1.807, 2.05) is 0 Å². The molecule has 2 aliphatic rings. The number of hydrogen-bond acceptors (Lipinski definition) is 2. The predicted octanol–water partition coefficient (Wildman–Crippen LogP) is 3.42. The van der Waals surface area contributed by atoms with Crippen LogP contribution in [-0.4, -0.2) is 36.6 Å². The zero-order valence-corrected chi connectivity index (χ0v) is 12.7. The molecule has 0 radical (unpaired) electrons. The van der Waals surface area contributed by atoms with Crippen molar-refractivity contribution in [2.24, 2.45) is 5.41 Å². The molecular formula is C16H32N2. The van der Waals surface area contributed by atoms with E-state index in [1.54, 1.807) is 0 Å². The first-order valence-corrected chi connectivity index (χ1v) is 8.10. The molecule has 0 aromatic carbocycles. The van der Waals surface area contributed by atoms with Crippen molar-refractivity contribution >= 4 is 0 Å². The first-order chi connectivity index (χ1) is 8.63. The molecule has 1 N–H and O–H groups in total. The summed E-state index contributed by atoms with van der Waals surface area (Å²) in [6.45, 7) is 11.1. The molecule has 2 heteroatoms. The van der Waals surface area contributed by atoms with Gasteiger partial charge in [0.1, 0.15) is 0 Å². The summed E-state index contributed by atoms with van der Waals surface area (Å²) in [6, 6.07) is 1.55. The Morgan fingerprint density at radius 2 is 2.00 bits per heavy atom. The normalized spacial score (nSPS) is 31.2. The maximum Gasteiger partial charge on any atom is 0.00818 e. The summed E-state index contributed by atoms with van der Waals surface area (Å²) in [7, 11) is 0. The van der Waals surface area contributed by atoms with E-state index in [4.69, 9.17) is 0 Å². The van der Waals surface area contributed by atoms with Crippen LogP contribution in [0.4, 0.5) is 0 Å². The number of rotatable bonds is 4. The molecule has 0 aliphatic carbocycles. The molecule has 106 valence electrons. The fraction of sp³-hybridized carbons (Fsp3) is 1.00. The van der Waals surface area contributed by atoms with Crippen molar-refractivity contribution in [3.63, 3.8) is 0 Å². The number of nitrogens with zero attached hydrogens (tertiary/aromatic N) is 1. The Morgan fingerprint density at radius 1 is 1.28 bits per heavy atom. The summed E-state index contributed by atoms with van der Waals surface area (Å²) in [6.07, 6.45) is 9.69. The lowest BCUT2D eigenvalue weighted by Gasteiger charge is -2.42. The third-order valence-corrected chi connectivity index (χ3v) is 5.52. The Balaban J connectivity index is 1.74.